The van der Waals surface area contributed by atoms with E-state index in [1.807, 2.05) is 112 Å². The number of hydrogen-bond acceptors (Lipinski definition) is 12. The van der Waals surface area contributed by atoms with Crippen LogP contribution in [-0.4, -0.2) is 29.9 Å². The van der Waals surface area contributed by atoms with Crippen LogP contribution in [-0.2, 0) is 10.8 Å². The van der Waals surface area contributed by atoms with E-state index in [2.05, 4.69) is 308 Å². The van der Waals surface area contributed by atoms with Crippen molar-refractivity contribution in [3.05, 3.63) is 406 Å². The van der Waals surface area contributed by atoms with Gasteiger partial charge < -0.3 is 9.80 Å². The first-order valence-corrected chi connectivity index (χ1v) is 40.2. The van der Waals surface area contributed by atoms with Gasteiger partial charge in [0.15, 0.2) is 11.6 Å². The van der Waals surface area contributed by atoms with E-state index in [0.717, 1.165) is 78.9 Å². The number of hydrogen-bond donors (Lipinski definition) is 0. The van der Waals surface area contributed by atoms with Crippen molar-refractivity contribution in [1.29, 1.82) is 0 Å². The Hall–Kier alpha value is -13.2. The van der Waals surface area contributed by atoms with Gasteiger partial charge in [-0.3, -0.25) is 9.97 Å². The van der Waals surface area contributed by atoms with Crippen molar-refractivity contribution in [3.8, 4) is 98.7 Å². The zero-order valence-corrected chi connectivity index (χ0v) is 62.1. The maximum absolute atomic E-state index is 5.27. The van der Waals surface area contributed by atoms with Crippen LogP contribution in [0.2, 0.25) is 0 Å². The lowest BCUT2D eigenvalue weighted by molar-refractivity contribution is 0.757. The molecule has 516 valence electrons. The van der Waals surface area contributed by atoms with E-state index in [-0.39, 0.29) is 0 Å². The van der Waals surface area contributed by atoms with Crippen LogP contribution < -0.4 is 9.80 Å². The summed E-state index contributed by atoms with van der Waals surface area (Å²) in [6.07, 6.45) is 3.61. The van der Waals surface area contributed by atoms with Crippen LogP contribution in [0.3, 0.4) is 0 Å². The van der Waals surface area contributed by atoms with Gasteiger partial charge in [0.1, 0.15) is 5.69 Å². The van der Waals surface area contributed by atoms with E-state index < -0.39 is 10.8 Å². The lowest BCUT2D eigenvalue weighted by Crippen LogP contribution is -2.35. The molecular formula is C98H60N8S4. The van der Waals surface area contributed by atoms with Gasteiger partial charge in [0.25, 0.3) is 0 Å². The third-order valence-corrected chi connectivity index (χ3v) is 26.2. The second-order valence-electron chi connectivity index (χ2n) is 28.1. The highest BCUT2D eigenvalue weighted by atomic mass is 32.1. The first-order valence-electron chi connectivity index (χ1n) is 36.7. The molecule has 0 unspecified atom stereocenters. The standard InChI is InChI=1S/C52H32N4S2.C46H28N4S2/c1-2-11-33(12-3-1)45-32-46(55-51(54-45)35-22-20-34(21-23-35)44-18-8-9-26-53-44)38-15-10-16-39(29-38)56-47-19-7-6-17-40(47)52(41-24-27-57-49(41)50-42(52)25-28-58-50)43-30-36-13-4-5-14-37(36)31-48(43)56;1-2-11-29(12-3-1)39-28-40(49-45(48-39)38-18-8-9-22-47-38)32-15-10-16-33(25-32)50-41-19-7-6-17-34(41)46(35-20-23-51-43(35)44-36(46)21-24-52-44)37-26-30-13-4-5-14-31(30)27-42(37)50/h1-32H;1-28H. The fourth-order valence-electron chi connectivity index (χ4n) is 17.5. The van der Waals surface area contributed by atoms with Crippen molar-refractivity contribution in [2.45, 2.75) is 10.8 Å². The van der Waals surface area contributed by atoms with Crippen LogP contribution in [0.4, 0.5) is 34.1 Å². The van der Waals surface area contributed by atoms with Crippen LogP contribution in [0, 0.1) is 0 Å². The Morgan fingerprint density at radius 1 is 0.218 bits per heavy atom. The molecule has 8 nitrogen and oxygen atoms in total. The van der Waals surface area contributed by atoms with Crippen molar-refractivity contribution < 1.29 is 0 Å². The lowest BCUT2D eigenvalue weighted by Gasteiger charge is -2.44. The minimum Gasteiger partial charge on any atom is -0.310 e. The Bertz CT molecular complexity index is 6690. The zero-order valence-electron chi connectivity index (χ0n) is 58.9. The van der Waals surface area contributed by atoms with Gasteiger partial charge in [-0.05, 0) is 209 Å². The fourth-order valence-corrected chi connectivity index (χ4v) is 21.7. The summed E-state index contributed by atoms with van der Waals surface area (Å²) in [5.74, 6) is 1.28. The smallest absolute Gasteiger partial charge is 0.179 e. The Morgan fingerprint density at radius 3 is 1.01 bits per heavy atom. The van der Waals surface area contributed by atoms with Gasteiger partial charge in [-0.25, -0.2) is 19.9 Å². The lowest BCUT2D eigenvalue weighted by atomic mass is 9.65. The first kappa shape index (κ1) is 64.0. The molecule has 0 saturated heterocycles. The normalized spacial score (nSPS) is 13.4. The van der Waals surface area contributed by atoms with Gasteiger partial charge in [-0.1, -0.05) is 206 Å². The average Bonchev–Trinajstić information content (AvgIpc) is 1.49. The Labute approximate surface area is 651 Å². The molecule has 2 spiro atoms. The summed E-state index contributed by atoms with van der Waals surface area (Å²) in [7, 11) is 0. The summed E-state index contributed by atoms with van der Waals surface area (Å²) < 4.78 is 0. The van der Waals surface area contributed by atoms with Gasteiger partial charge in [0.05, 0.1) is 62.0 Å². The quantitative estimate of drug-likeness (QED) is 0.141. The van der Waals surface area contributed by atoms with Crippen molar-refractivity contribution in [3.63, 3.8) is 0 Å². The molecule has 0 radical (unpaired) electrons. The molecule has 0 amide bonds. The van der Waals surface area contributed by atoms with Crippen molar-refractivity contribution in [2.75, 3.05) is 9.80 Å². The molecule has 12 heteroatoms. The van der Waals surface area contributed by atoms with Crippen LogP contribution >= 0.6 is 45.3 Å². The minimum atomic E-state index is -0.424. The molecule has 2 aliphatic carbocycles. The van der Waals surface area contributed by atoms with Crippen molar-refractivity contribution >= 4 is 101 Å². The van der Waals surface area contributed by atoms with Crippen LogP contribution in [0.1, 0.15) is 44.5 Å². The number of aromatic nitrogens is 6. The third-order valence-electron chi connectivity index (χ3n) is 22.2. The van der Waals surface area contributed by atoms with E-state index in [0.29, 0.717) is 11.6 Å². The molecular weight excluding hydrogens is 1420 g/mol. The molecule has 0 bridgehead atoms. The van der Waals surface area contributed by atoms with Crippen LogP contribution in [0.5, 0.6) is 0 Å². The van der Waals surface area contributed by atoms with Gasteiger partial charge in [-0.2, -0.15) is 0 Å². The summed E-state index contributed by atoms with van der Waals surface area (Å²) in [6, 6.07) is 117. The van der Waals surface area contributed by atoms with Crippen molar-refractivity contribution in [2.24, 2.45) is 0 Å². The highest BCUT2D eigenvalue weighted by molar-refractivity contribution is 7.21. The highest BCUT2D eigenvalue weighted by Crippen LogP contribution is 2.68. The number of anilines is 6. The van der Waals surface area contributed by atoms with E-state index >= 15 is 0 Å². The number of pyridine rings is 2. The molecule has 2 aliphatic heterocycles. The predicted molar refractivity (Wildman–Crippen MR) is 455 cm³/mol. The molecule has 23 rings (SSSR count). The topological polar surface area (TPSA) is 83.8 Å². The number of benzene rings is 11. The maximum Gasteiger partial charge on any atom is 0.179 e. The molecule has 10 heterocycles. The van der Waals surface area contributed by atoms with Crippen molar-refractivity contribution in [1.82, 2.24) is 29.9 Å². The molecule has 0 fully saturated rings. The summed E-state index contributed by atoms with van der Waals surface area (Å²) in [5.41, 5.74) is 28.0. The fraction of sp³-hybridized carbons (Fsp3) is 0.0204. The van der Waals surface area contributed by atoms with Gasteiger partial charge >= 0.3 is 0 Å². The largest absolute Gasteiger partial charge is 0.310 e. The number of nitrogens with zero attached hydrogens (tertiary/aromatic N) is 8. The SMILES string of the molecule is c1ccc(-c2cc(-c3cccc(N4c5ccccc5C5(c6cc7ccccc7cc64)c4ccsc4-c4sccc45)c3)nc(-c3ccc(-c4ccccn4)cc3)n2)cc1.c1ccc(-c2cc(-c3cccc(N4c5ccccc5C5(c6cc7ccccc7cc64)c4ccsc4-c4sccc45)c3)nc(-c3ccccn3)n2)cc1. The molecule has 19 aromatic rings. The molecule has 11 aromatic carbocycles. The number of rotatable bonds is 9. The number of thiophene rings is 4. The second-order valence-corrected chi connectivity index (χ2v) is 31.7. The zero-order chi connectivity index (χ0) is 72.4. The van der Waals surface area contributed by atoms with E-state index in [9.17, 15) is 0 Å². The Kier molecular flexibility index (Phi) is 15.0. The summed E-state index contributed by atoms with van der Waals surface area (Å²) in [4.78, 5) is 40.1. The number of fused-ring (bicyclic) bond motifs is 20. The molecule has 110 heavy (non-hydrogen) atoms. The van der Waals surface area contributed by atoms with Gasteiger partial charge in [0.2, 0.25) is 0 Å². The van der Waals surface area contributed by atoms with E-state index in [1.54, 1.807) is 6.20 Å². The second kappa shape index (κ2) is 25.8. The highest BCUT2D eigenvalue weighted by Gasteiger charge is 2.55. The summed E-state index contributed by atoms with van der Waals surface area (Å²) in [5, 5.41) is 14.0. The Morgan fingerprint density at radius 2 is 0.573 bits per heavy atom. The van der Waals surface area contributed by atoms with E-state index in [4.69, 9.17) is 19.9 Å². The Balaban J connectivity index is 0.000000136. The summed E-state index contributed by atoms with van der Waals surface area (Å²) >= 11 is 7.43. The molecule has 0 atom stereocenters. The maximum atomic E-state index is 5.27. The number of para-hydroxylation sites is 2. The molecule has 8 aromatic heterocycles. The molecule has 4 aliphatic rings. The van der Waals surface area contributed by atoms with Crippen LogP contribution in [0.15, 0.2) is 361 Å². The first-order chi connectivity index (χ1) is 54.5. The summed E-state index contributed by atoms with van der Waals surface area (Å²) in [6.45, 7) is 0. The minimum absolute atomic E-state index is 0.413. The van der Waals surface area contributed by atoms with Gasteiger partial charge in [-0.15, -0.1) is 45.3 Å². The predicted octanol–water partition coefficient (Wildman–Crippen LogP) is 26.3. The van der Waals surface area contributed by atoms with Crippen LogP contribution in [0.25, 0.3) is 120 Å². The molecule has 0 saturated carbocycles. The van der Waals surface area contributed by atoms with E-state index in [1.165, 1.54) is 108 Å². The third kappa shape index (κ3) is 10.0. The monoisotopic (exact) mass is 1480 g/mol. The molecule has 0 N–H and O–H groups in total. The average molecular weight is 1480 g/mol. The van der Waals surface area contributed by atoms with Gasteiger partial charge in [0, 0.05) is 76.7 Å².